The van der Waals surface area contributed by atoms with Crippen LogP contribution in [-0.2, 0) is 0 Å². The summed E-state index contributed by atoms with van der Waals surface area (Å²) in [4.78, 5) is 13.0. The molecule has 0 spiro atoms. The fourth-order valence-corrected chi connectivity index (χ4v) is 2.26. The molecule has 2 heterocycles. The van der Waals surface area contributed by atoms with Crippen LogP contribution in [-0.4, -0.2) is 59.1 Å². The summed E-state index contributed by atoms with van der Waals surface area (Å²) in [7, 11) is 4.12. The summed E-state index contributed by atoms with van der Waals surface area (Å²) < 4.78 is 0. The van der Waals surface area contributed by atoms with Crippen molar-refractivity contribution in [2.75, 3.05) is 32.1 Å². The van der Waals surface area contributed by atoms with Crippen molar-refractivity contribution in [1.82, 2.24) is 14.9 Å². The maximum absolute atomic E-state index is 8.68. The number of nitrogens with two attached hydrogens (primary N) is 1. The zero-order chi connectivity index (χ0) is 13.8. The van der Waals surface area contributed by atoms with Gasteiger partial charge in [-0.15, -0.1) is 0 Å². The van der Waals surface area contributed by atoms with Crippen LogP contribution < -0.4 is 10.6 Å². The van der Waals surface area contributed by atoms with Crippen LogP contribution in [0.3, 0.4) is 0 Å². The third-order valence-corrected chi connectivity index (χ3v) is 3.56. The third-order valence-electron chi connectivity index (χ3n) is 3.56. The molecule has 0 unspecified atom stereocenters. The summed E-state index contributed by atoms with van der Waals surface area (Å²) in [6, 6.07) is 2.06. The van der Waals surface area contributed by atoms with Crippen LogP contribution in [0.2, 0.25) is 0 Å². The molecule has 0 radical (unpaired) electrons. The molecule has 0 aromatic carbocycles. The second-order valence-electron chi connectivity index (χ2n) is 4.87. The van der Waals surface area contributed by atoms with Gasteiger partial charge >= 0.3 is 0 Å². The fraction of sp³-hybridized carbons (Fsp3) is 0.583. The molecule has 2 rings (SSSR count). The molecule has 0 aliphatic carbocycles. The lowest BCUT2D eigenvalue weighted by atomic mass is 10.0. The standard InChI is InChI=1S/C12H20N6O/c1-17-7-4-9(5-8-17)18(2)12-14-6-3-10(15-12)11(13)16-19/h3,6,9,19H,4-5,7-8H2,1-2H3,(H2,13,16). The van der Waals surface area contributed by atoms with Crippen LogP contribution >= 0.6 is 0 Å². The maximum Gasteiger partial charge on any atom is 0.225 e. The zero-order valence-electron chi connectivity index (χ0n) is 11.3. The van der Waals surface area contributed by atoms with Crippen LogP contribution in [0.15, 0.2) is 17.4 Å². The first-order valence-electron chi connectivity index (χ1n) is 6.34. The largest absolute Gasteiger partial charge is 0.409 e. The number of anilines is 1. The predicted octanol–water partition coefficient (Wildman–Crippen LogP) is 0.102. The molecule has 1 saturated heterocycles. The first-order valence-corrected chi connectivity index (χ1v) is 6.34. The summed E-state index contributed by atoms with van der Waals surface area (Å²) >= 11 is 0. The van der Waals surface area contributed by atoms with E-state index in [1.165, 1.54) is 0 Å². The zero-order valence-corrected chi connectivity index (χ0v) is 11.3. The van der Waals surface area contributed by atoms with Crippen molar-refractivity contribution in [2.24, 2.45) is 10.9 Å². The Kier molecular flexibility index (Phi) is 4.16. The molecule has 1 aromatic rings. The Balaban J connectivity index is 2.13. The lowest BCUT2D eigenvalue weighted by Crippen LogP contribution is -2.42. The normalized spacial score (nSPS) is 18.5. The summed E-state index contributed by atoms with van der Waals surface area (Å²) in [5.41, 5.74) is 5.98. The van der Waals surface area contributed by atoms with Gasteiger partial charge in [0.25, 0.3) is 0 Å². The highest BCUT2D eigenvalue weighted by Crippen LogP contribution is 2.18. The molecule has 0 amide bonds. The average Bonchev–Trinajstić information content (AvgIpc) is 2.46. The summed E-state index contributed by atoms with van der Waals surface area (Å²) in [5, 5.41) is 11.6. The Morgan fingerprint density at radius 3 is 2.84 bits per heavy atom. The van der Waals surface area contributed by atoms with E-state index in [0.717, 1.165) is 25.9 Å². The van der Waals surface area contributed by atoms with Gasteiger partial charge in [0.2, 0.25) is 5.95 Å². The number of rotatable bonds is 3. The molecule has 7 nitrogen and oxygen atoms in total. The second kappa shape index (κ2) is 5.83. The number of amidine groups is 1. The van der Waals surface area contributed by atoms with Crippen molar-refractivity contribution in [3.8, 4) is 0 Å². The van der Waals surface area contributed by atoms with E-state index in [1.807, 2.05) is 7.05 Å². The highest BCUT2D eigenvalue weighted by atomic mass is 16.4. The van der Waals surface area contributed by atoms with Gasteiger partial charge in [0.05, 0.1) is 0 Å². The van der Waals surface area contributed by atoms with Gasteiger partial charge in [-0.3, -0.25) is 0 Å². The lowest BCUT2D eigenvalue weighted by molar-refractivity contribution is 0.252. The number of piperidine rings is 1. The Morgan fingerprint density at radius 1 is 1.53 bits per heavy atom. The first-order chi connectivity index (χ1) is 9.11. The van der Waals surface area contributed by atoms with Crippen molar-refractivity contribution in [2.45, 2.75) is 18.9 Å². The minimum atomic E-state index is 0.000396. The van der Waals surface area contributed by atoms with Crippen molar-refractivity contribution >= 4 is 11.8 Å². The lowest BCUT2D eigenvalue weighted by Gasteiger charge is -2.35. The number of nitrogens with zero attached hydrogens (tertiary/aromatic N) is 5. The van der Waals surface area contributed by atoms with Gasteiger partial charge in [-0.1, -0.05) is 5.16 Å². The van der Waals surface area contributed by atoms with Gasteiger partial charge in [-0.25, -0.2) is 9.97 Å². The molecular weight excluding hydrogens is 244 g/mol. The summed E-state index contributed by atoms with van der Waals surface area (Å²) in [6.07, 6.45) is 3.80. The van der Waals surface area contributed by atoms with E-state index in [1.54, 1.807) is 12.3 Å². The molecule has 3 N–H and O–H groups in total. The number of hydrogen-bond donors (Lipinski definition) is 2. The number of hydrogen-bond acceptors (Lipinski definition) is 6. The topological polar surface area (TPSA) is 90.9 Å². The van der Waals surface area contributed by atoms with Crippen molar-refractivity contribution in [1.29, 1.82) is 0 Å². The minimum Gasteiger partial charge on any atom is -0.409 e. The van der Waals surface area contributed by atoms with Crippen LogP contribution in [0.1, 0.15) is 18.5 Å². The SMILES string of the molecule is CN1CCC(N(C)c2nccc(/C(N)=N/O)n2)CC1. The van der Waals surface area contributed by atoms with E-state index < -0.39 is 0 Å². The molecule has 1 aromatic heterocycles. The van der Waals surface area contributed by atoms with E-state index in [-0.39, 0.29) is 5.84 Å². The van der Waals surface area contributed by atoms with E-state index >= 15 is 0 Å². The first kappa shape index (κ1) is 13.5. The van der Waals surface area contributed by atoms with E-state index in [9.17, 15) is 0 Å². The molecule has 0 atom stereocenters. The molecule has 0 bridgehead atoms. The minimum absolute atomic E-state index is 0.000396. The summed E-state index contributed by atoms with van der Waals surface area (Å²) in [5.74, 6) is 0.610. The van der Waals surface area contributed by atoms with Gasteiger partial charge in [0, 0.05) is 19.3 Å². The van der Waals surface area contributed by atoms with Gasteiger partial charge in [-0.2, -0.15) is 0 Å². The number of aromatic nitrogens is 2. The van der Waals surface area contributed by atoms with Crippen molar-refractivity contribution in [3.05, 3.63) is 18.0 Å². The maximum atomic E-state index is 8.68. The van der Waals surface area contributed by atoms with E-state index in [0.29, 0.717) is 17.7 Å². The van der Waals surface area contributed by atoms with Gasteiger partial charge in [0.15, 0.2) is 5.84 Å². The monoisotopic (exact) mass is 264 g/mol. The highest BCUT2D eigenvalue weighted by molar-refractivity contribution is 5.95. The van der Waals surface area contributed by atoms with Crippen molar-refractivity contribution in [3.63, 3.8) is 0 Å². The molecule has 7 heteroatoms. The predicted molar refractivity (Wildman–Crippen MR) is 73.5 cm³/mol. The Hall–Kier alpha value is -1.89. The van der Waals surface area contributed by atoms with Crippen LogP contribution in [0.5, 0.6) is 0 Å². The van der Waals surface area contributed by atoms with E-state index in [4.69, 9.17) is 10.9 Å². The smallest absolute Gasteiger partial charge is 0.225 e. The quantitative estimate of drug-likeness (QED) is 0.348. The van der Waals surface area contributed by atoms with Gasteiger partial charge < -0.3 is 20.7 Å². The molecule has 19 heavy (non-hydrogen) atoms. The van der Waals surface area contributed by atoms with Crippen LogP contribution in [0.25, 0.3) is 0 Å². The van der Waals surface area contributed by atoms with Crippen molar-refractivity contribution < 1.29 is 5.21 Å². The number of oxime groups is 1. The molecule has 1 aliphatic heterocycles. The number of likely N-dealkylation sites (tertiary alicyclic amines) is 1. The Bertz CT molecular complexity index is 455. The van der Waals surface area contributed by atoms with Gasteiger partial charge in [0.1, 0.15) is 5.69 Å². The Labute approximate surface area is 112 Å². The van der Waals surface area contributed by atoms with Gasteiger partial charge in [-0.05, 0) is 39.0 Å². The molecule has 1 aliphatic rings. The Morgan fingerprint density at radius 2 is 2.21 bits per heavy atom. The summed E-state index contributed by atoms with van der Waals surface area (Å²) in [6.45, 7) is 2.16. The molecule has 1 fully saturated rings. The molecule has 104 valence electrons. The fourth-order valence-electron chi connectivity index (χ4n) is 2.26. The van der Waals surface area contributed by atoms with Crippen LogP contribution in [0.4, 0.5) is 5.95 Å². The average molecular weight is 264 g/mol. The third kappa shape index (κ3) is 3.11. The van der Waals surface area contributed by atoms with Crippen LogP contribution in [0, 0.1) is 0 Å². The molecular formula is C12H20N6O. The highest BCUT2D eigenvalue weighted by Gasteiger charge is 2.22. The second-order valence-corrected chi connectivity index (χ2v) is 4.87. The molecule has 0 saturated carbocycles. The van der Waals surface area contributed by atoms with E-state index in [2.05, 4.69) is 32.0 Å².